The van der Waals surface area contributed by atoms with E-state index in [1.165, 1.54) is 11.3 Å². The van der Waals surface area contributed by atoms with E-state index in [-0.39, 0.29) is 11.9 Å². The summed E-state index contributed by atoms with van der Waals surface area (Å²) >= 11 is 1.29. The summed E-state index contributed by atoms with van der Waals surface area (Å²) < 4.78 is 5.09. The smallest absolute Gasteiger partial charge is 0.348 e. The Morgan fingerprint density at radius 3 is 2.65 bits per heavy atom. The average Bonchev–Trinajstić information content (AvgIpc) is 2.74. The lowest BCUT2D eigenvalue weighted by atomic mass is 10.00. The molecule has 0 atom stereocenters. The van der Waals surface area contributed by atoms with Crippen LogP contribution in [0.3, 0.4) is 0 Å². The summed E-state index contributed by atoms with van der Waals surface area (Å²) in [5.41, 5.74) is 0.789. The Balaban J connectivity index is 2.05. The maximum Gasteiger partial charge on any atom is 0.348 e. The molecule has 0 amide bonds. The van der Waals surface area contributed by atoms with Gasteiger partial charge in [-0.1, -0.05) is 0 Å². The maximum absolute atomic E-state index is 12.1. The summed E-state index contributed by atoms with van der Waals surface area (Å²) in [7, 11) is 0. The Morgan fingerprint density at radius 1 is 1.35 bits per heavy atom. The quantitative estimate of drug-likeness (QED) is 0.854. The summed E-state index contributed by atoms with van der Waals surface area (Å²) in [6.07, 6.45) is 0. The molecule has 0 aromatic carbocycles. The number of aliphatic carboxylic acids is 1. The van der Waals surface area contributed by atoms with Crippen LogP contribution in [-0.2, 0) is 9.53 Å². The van der Waals surface area contributed by atoms with Gasteiger partial charge in [-0.3, -0.25) is 4.79 Å². The van der Waals surface area contributed by atoms with Crippen LogP contribution in [0.5, 0.6) is 0 Å². The summed E-state index contributed by atoms with van der Waals surface area (Å²) in [4.78, 5) is 35.1. The minimum atomic E-state index is -0.794. The van der Waals surface area contributed by atoms with Gasteiger partial charge in [-0.15, -0.1) is 11.3 Å². The predicted molar refractivity (Wildman–Crippen MR) is 86.2 cm³/mol. The van der Waals surface area contributed by atoms with Crippen molar-refractivity contribution in [3.63, 3.8) is 0 Å². The molecule has 0 unspecified atom stereocenters. The summed E-state index contributed by atoms with van der Waals surface area (Å²) in [5, 5.41) is 9.85. The number of ether oxygens (including phenoxy) is 1. The van der Waals surface area contributed by atoms with E-state index in [1.807, 2.05) is 11.8 Å². The monoisotopic (exact) mass is 335 g/mol. The number of carbonyl (C=O) groups excluding carboxylic acids is 1. The third-order valence-corrected chi connectivity index (χ3v) is 5.04. The van der Waals surface area contributed by atoms with Gasteiger partial charge in [0.2, 0.25) is 0 Å². The van der Waals surface area contributed by atoms with Gasteiger partial charge in [0.05, 0.1) is 17.9 Å². The van der Waals surface area contributed by atoms with E-state index < -0.39 is 5.97 Å². The molecule has 1 fully saturated rings. The number of thiophene rings is 1. The van der Waals surface area contributed by atoms with E-state index in [4.69, 9.17) is 9.84 Å². The Hall–Kier alpha value is -2.22. The van der Waals surface area contributed by atoms with Crippen molar-refractivity contribution in [2.75, 3.05) is 24.6 Å². The maximum atomic E-state index is 12.1. The minimum Gasteiger partial charge on any atom is -0.481 e. The van der Waals surface area contributed by atoms with Gasteiger partial charge in [0.15, 0.2) is 0 Å². The van der Waals surface area contributed by atoms with Gasteiger partial charge in [0, 0.05) is 13.1 Å². The molecule has 0 spiro atoms. The number of hydrogen-bond acceptors (Lipinski definition) is 7. The van der Waals surface area contributed by atoms with Crippen LogP contribution in [0.4, 0.5) is 5.82 Å². The lowest BCUT2D eigenvalue weighted by Crippen LogP contribution is -2.51. The van der Waals surface area contributed by atoms with Gasteiger partial charge < -0.3 is 14.7 Å². The molecule has 2 aromatic rings. The number of nitrogens with zero attached hydrogens (tertiary/aromatic N) is 3. The number of fused-ring (bicyclic) bond motifs is 1. The third kappa shape index (κ3) is 2.63. The third-order valence-electron chi connectivity index (χ3n) is 3.87. The second kappa shape index (κ2) is 5.77. The molecular formula is C15H17N3O4S. The lowest BCUT2D eigenvalue weighted by molar-refractivity contribution is -0.142. The van der Waals surface area contributed by atoms with Gasteiger partial charge in [0.25, 0.3) is 0 Å². The number of aryl methyl sites for hydroxylation is 2. The van der Waals surface area contributed by atoms with Crippen LogP contribution < -0.4 is 4.90 Å². The van der Waals surface area contributed by atoms with Crippen LogP contribution in [-0.4, -0.2) is 46.7 Å². The van der Waals surface area contributed by atoms with Crippen molar-refractivity contribution in [2.45, 2.75) is 20.8 Å². The summed E-state index contributed by atoms with van der Waals surface area (Å²) in [5.74, 6) is -0.220. The van der Waals surface area contributed by atoms with E-state index in [1.54, 1.807) is 13.8 Å². The minimum absolute atomic E-state index is 0.316. The number of aromatic nitrogens is 2. The van der Waals surface area contributed by atoms with Crippen molar-refractivity contribution in [2.24, 2.45) is 5.92 Å². The number of carboxylic acid groups (broad SMARTS) is 1. The molecule has 1 aliphatic heterocycles. The Bertz CT molecular complexity index is 796. The molecule has 23 heavy (non-hydrogen) atoms. The first-order chi connectivity index (χ1) is 10.9. The highest BCUT2D eigenvalue weighted by Crippen LogP contribution is 2.37. The molecule has 1 aliphatic rings. The molecule has 3 rings (SSSR count). The average molecular weight is 335 g/mol. The van der Waals surface area contributed by atoms with Crippen molar-refractivity contribution >= 4 is 39.3 Å². The van der Waals surface area contributed by atoms with Crippen molar-refractivity contribution in [3.8, 4) is 0 Å². The second-order valence-electron chi connectivity index (χ2n) is 5.49. The summed E-state index contributed by atoms with van der Waals surface area (Å²) in [6.45, 7) is 6.56. The molecule has 8 heteroatoms. The van der Waals surface area contributed by atoms with E-state index in [9.17, 15) is 9.59 Å². The fourth-order valence-electron chi connectivity index (χ4n) is 2.65. The Kier molecular flexibility index (Phi) is 3.93. The first-order valence-corrected chi connectivity index (χ1v) is 8.16. The Morgan fingerprint density at radius 2 is 2.04 bits per heavy atom. The van der Waals surface area contributed by atoms with Crippen molar-refractivity contribution in [3.05, 3.63) is 16.3 Å². The number of anilines is 1. The zero-order chi connectivity index (χ0) is 16.7. The van der Waals surface area contributed by atoms with Crippen LogP contribution in [0.25, 0.3) is 10.2 Å². The van der Waals surface area contributed by atoms with Crippen molar-refractivity contribution < 1.29 is 19.4 Å². The van der Waals surface area contributed by atoms with Crippen molar-refractivity contribution in [1.82, 2.24) is 9.97 Å². The molecule has 7 nitrogen and oxygen atoms in total. The first kappa shape index (κ1) is 15.7. The van der Waals surface area contributed by atoms with Gasteiger partial charge in [-0.2, -0.15) is 0 Å². The highest BCUT2D eigenvalue weighted by atomic mass is 32.1. The molecule has 122 valence electrons. The predicted octanol–water partition coefficient (Wildman–Crippen LogP) is 2.01. The van der Waals surface area contributed by atoms with E-state index in [2.05, 4.69) is 9.97 Å². The Labute approximate surface area is 136 Å². The van der Waals surface area contributed by atoms with Crippen molar-refractivity contribution in [1.29, 1.82) is 0 Å². The normalized spacial score (nSPS) is 14.8. The molecule has 0 aliphatic carbocycles. The number of hydrogen-bond donors (Lipinski definition) is 1. The fourth-order valence-corrected chi connectivity index (χ4v) is 3.76. The highest BCUT2D eigenvalue weighted by molar-refractivity contribution is 7.20. The number of carboxylic acids is 1. The molecule has 0 bridgehead atoms. The van der Waals surface area contributed by atoms with Gasteiger partial charge >= 0.3 is 11.9 Å². The molecule has 0 radical (unpaired) electrons. The van der Waals surface area contributed by atoms with E-state index in [0.717, 1.165) is 15.8 Å². The van der Waals surface area contributed by atoms with Gasteiger partial charge in [0.1, 0.15) is 21.3 Å². The summed E-state index contributed by atoms with van der Waals surface area (Å²) in [6, 6.07) is 0. The standard InChI is InChI=1S/C15H17N3O4S/c1-4-22-15(21)11-7(2)10-12(16-8(3)17-13(10)23-11)18-5-9(6-18)14(19)20/h9H,4-6H2,1-3H3,(H,19,20). The first-order valence-electron chi connectivity index (χ1n) is 7.35. The van der Waals surface area contributed by atoms with Crippen LogP contribution in [0.15, 0.2) is 0 Å². The zero-order valence-corrected chi connectivity index (χ0v) is 13.9. The van der Waals surface area contributed by atoms with E-state index >= 15 is 0 Å². The second-order valence-corrected chi connectivity index (χ2v) is 6.49. The molecule has 1 saturated heterocycles. The molecule has 0 saturated carbocycles. The van der Waals surface area contributed by atoms with Crippen LogP contribution in [0.1, 0.15) is 28.0 Å². The molecular weight excluding hydrogens is 318 g/mol. The fraction of sp³-hybridized carbons (Fsp3) is 0.467. The highest BCUT2D eigenvalue weighted by Gasteiger charge is 2.35. The SMILES string of the molecule is CCOC(=O)c1sc2nc(C)nc(N3CC(C(=O)O)C3)c2c1C. The van der Waals surface area contributed by atoms with Gasteiger partial charge in [-0.25, -0.2) is 14.8 Å². The number of esters is 1. The van der Waals surface area contributed by atoms with Gasteiger partial charge in [-0.05, 0) is 26.3 Å². The number of carbonyl (C=O) groups is 2. The topological polar surface area (TPSA) is 92.6 Å². The zero-order valence-electron chi connectivity index (χ0n) is 13.1. The molecule has 3 heterocycles. The lowest BCUT2D eigenvalue weighted by Gasteiger charge is -2.38. The number of rotatable bonds is 4. The van der Waals surface area contributed by atoms with Crippen LogP contribution >= 0.6 is 11.3 Å². The van der Waals surface area contributed by atoms with Crippen LogP contribution in [0, 0.1) is 19.8 Å². The largest absolute Gasteiger partial charge is 0.481 e. The molecule has 2 aromatic heterocycles. The molecule has 1 N–H and O–H groups in total. The van der Waals surface area contributed by atoms with Crippen LogP contribution in [0.2, 0.25) is 0 Å². The van der Waals surface area contributed by atoms with E-state index in [0.29, 0.717) is 36.2 Å².